The number of hydrogen-bond donors (Lipinski definition) is 3. The lowest BCUT2D eigenvalue weighted by atomic mass is 10.1. The standard InChI is InChI=1S/C10H14ClN3O2/c1-6(2)3-9(15)13-14-10(16)8-4-7(11)5-12-8/h4-6,12H,3H2,1-2H3,(H,13,15)(H,14,16). The van der Waals surface area contributed by atoms with Crippen LogP contribution in [0.2, 0.25) is 5.02 Å². The Hall–Kier alpha value is -1.49. The lowest BCUT2D eigenvalue weighted by Crippen LogP contribution is -2.42. The third kappa shape index (κ3) is 3.94. The van der Waals surface area contributed by atoms with Crippen LogP contribution in [0.25, 0.3) is 0 Å². The summed E-state index contributed by atoms with van der Waals surface area (Å²) in [6.45, 7) is 3.85. The molecule has 3 N–H and O–H groups in total. The predicted octanol–water partition coefficient (Wildman–Crippen LogP) is 1.48. The summed E-state index contributed by atoms with van der Waals surface area (Å²) in [5.74, 6) is -0.401. The molecular weight excluding hydrogens is 230 g/mol. The van der Waals surface area contributed by atoms with E-state index in [1.807, 2.05) is 13.8 Å². The molecule has 1 aromatic heterocycles. The molecule has 6 heteroatoms. The molecule has 16 heavy (non-hydrogen) atoms. The predicted molar refractivity (Wildman–Crippen MR) is 60.9 cm³/mol. The summed E-state index contributed by atoms with van der Waals surface area (Å²) in [7, 11) is 0. The van der Waals surface area contributed by atoms with Gasteiger partial charge < -0.3 is 4.98 Å². The molecule has 0 aliphatic heterocycles. The summed E-state index contributed by atoms with van der Waals surface area (Å²) in [6, 6.07) is 1.48. The summed E-state index contributed by atoms with van der Waals surface area (Å²) in [6.07, 6.45) is 1.86. The van der Waals surface area contributed by atoms with Crippen LogP contribution in [0.15, 0.2) is 12.3 Å². The summed E-state index contributed by atoms with van der Waals surface area (Å²) in [4.78, 5) is 25.3. The maximum Gasteiger partial charge on any atom is 0.286 e. The average Bonchev–Trinajstić information content (AvgIpc) is 2.60. The lowest BCUT2D eigenvalue weighted by Gasteiger charge is -2.07. The second kappa shape index (κ2) is 5.55. The zero-order valence-electron chi connectivity index (χ0n) is 9.13. The number of H-pyrrole nitrogens is 1. The van der Waals surface area contributed by atoms with E-state index < -0.39 is 5.91 Å². The first-order chi connectivity index (χ1) is 7.49. The highest BCUT2D eigenvalue weighted by Crippen LogP contribution is 2.08. The topological polar surface area (TPSA) is 74.0 Å². The summed E-state index contributed by atoms with van der Waals surface area (Å²) < 4.78 is 0. The van der Waals surface area contributed by atoms with E-state index in [0.29, 0.717) is 17.1 Å². The summed E-state index contributed by atoms with van der Waals surface area (Å²) in [5, 5.41) is 0.443. The van der Waals surface area contributed by atoms with Crippen LogP contribution >= 0.6 is 11.6 Å². The number of carbonyl (C=O) groups is 2. The molecule has 0 bridgehead atoms. The summed E-state index contributed by atoms with van der Waals surface area (Å²) >= 11 is 5.64. The van der Waals surface area contributed by atoms with Gasteiger partial charge in [0.25, 0.3) is 5.91 Å². The molecule has 1 rings (SSSR count). The zero-order valence-corrected chi connectivity index (χ0v) is 9.89. The first kappa shape index (κ1) is 12.6. The SMILES string of the molecule is CC(C)CC(=O)NNC(=O)c1cc(Cl)c[nH]1. The van der Waals surface area contributed by atoms with E-state index in [9.17, 15) is 9.59 Å². The van der Waals surface area contributed by atoms with Crippen molar-refractivity contribution >= 4 is 23.4 Å². The van der Waals surface area contributed by atoms with Gasteiger partial charge in [0.2, 0.25) is 5.91 Å². The average molecular weight is 244 g/mol. The van der Waals surface area contributed by atoms with Crippen LogP contribution in [0, 0.1) is 5.92 Å². The Morgan fingerprint density at radius 3 is 2.62 bits per heavy atom. The molecule has 0 radical (unpaired) electrons. The minimum Gasteiger partial charge on any atom is -0.356 e. The highest BCUT2D eigenvalue weighted by Gasteiger charge is 2.09. The molecule has 0 spiro atoms. The molecule has 2 amide bonds. The molecule has 5 nitrogen and oxygen atoms in total. The van der Waals surface area contributed by atoms with Gasteiger partial charge in [-0.25, -0.2) is 0 Å². The smallest absolute Gasteiger partial charge is 0.286 e. The van der Waals surface area contributed by atoms with Gasteiger partial charge in [-0.3, -0.25) is 20.4 Å². The number of amides is 2. The highest BCUT2D eigenvalue weighted by atomic mass is 35.5. The molecule has 1 aromatic rings. The molecule has 0 saturated heterocycles. The van der Waals surface area contributed by atoms with E-state index in [2.05, 4.69) is 15.8 Å². The van der Waals surface area contributed by atoms with E-state index in [1.165, 1.54) is 12.3 Å². The number of halogens is 1. The van der Waals surface area contributed by atoms with Crippen LogP contribution < -0.4 is 10.9 Å². The quantitative estimate of drug-likeness (QED) is 0.704. The van der Waals surface area contributed by atoms with Gasteiger partial charge in [0.05, 0.1) is 5.02 Å². The first-order valence-electron chi connectivity index (χ1n) is 4.92. The van der Waals surface area contributed by atoms with Crippen molar-refractivity contribution in [1.82, 2.24) is 15.8 Å². The van der Waals surface area contributed by atoms with Crippen LogP contribution in [0.3, 0.4) is 0 Å². The van der Waals surface area contributed by atoms with Crippen LogP contribution in [-0.4, -0.2) is 16.8 Å². The van der Waals surface area contributed by atoms with Crippen LogP contribution in [0.4, 0.5) is 0 Å². The Morgan fingerprint density at radius 2 is 2.12 bits per heavy atom. The van der Waals surface area contributed by atoms with Crippen molar-refractivity contribution in [3.05, 3.63) is 23.0 Å². The van der Waals surface area contributed by atoms with Crippen molar-refractivity contribution < 1.29 is 9.59 Å². The Balaban J connectivity index is 2.38. The van der Waals surface area contributed by atoms with Crippen molar-refractivity contribution in [2.75, 3.05) is 0 Å². The van der Waals surface area contributed by atoms with Gasteiger partial charge in [0.15, 0.2) is 0 Å². The van der Waals surface area contributed by atoms with E-state index in [0.717, 1.165) is 0 Å². The molecule has 0 aromatic carbocycles. The first-order valence-corrected chi connectivity index (χ1v) is 5.30. The second-order valence-corrected chi connectivity index (χ2v) is 4.27. The minimum atomic E-state index is -0.427. The van der Waals surface area contributed by atoms with Gasteiger partial charge in [-0.1, -0.05) is 25.4 Å². The van der Waals surface area contributed by atoms with Gasteiger partial charge in [-0.15, -0.1) is 0 Å². The van der Waals surface area contributed by atoms with Gasteiger partial charge >= 0.3 is 0 Å². The van der Waals surface area contributed by atoms with E-state index >= 15 is 0 Å². The van der Waals surface area contributed by atoms with Crippen molar-refractivity contribution in [1.29, 1.82) is 0 Å². The zero-order chi connectivity index (χ0) is 12.1. The number of aromatic amines is 1. The van der Waals surface area contributed by atoms with Gasteiger partial charge in [-0.2, -0.15) is 0 Å². The van der Waals surface area contributed by atoms with Crippen molar-refractivity contribution in [3.63, 3.8) is 0 Å². The Labute approximate surface area is 98.5 Å². The molecule has 0 fully saturated rings. The summed E-state index contributed by atoms with van der Waals surface area (Å²) in [5.41, 5.74) is 4.91. The number of nitrogens with one attached hydrogen (secondary N) is 3. The number of rotatable bonds is 3. The highest BCUT2D eigenvalue weighted by molar-refractivity contribution is 6.30. The molecule has 0 aliphatic rings. The second-order valence-electron chi connectivity index (χ2n) is 3.83. The number of hydrogen-bond acceptors (Lipinski definition) is 2. The molecule has 0 unspecified atom stereocenters. The van der Waals surface area contributed by atoms with Crippen LogP contribution in [0.5, 0.6) is 0 Å². The normalized spacial score (nSPS) is 10.2. The minimum absolute atomic E-state index is 0.221. The fourth-order valence-electron chi connectivity index (χ4n) is 1.11. The Kier molecular flexibility index (Phi) is 4.37. The van der Waals surface area contributed by atoms with Gasteiger partial charge in [0.1, 0.15) is 5.69 Å². The Morgan fingerprint density at radius 1 is 1.44 bits per heavy atom. The van der Waals surface area contributed by atoms with Crippen LogP contribution in [-0.2, 0) is 4.79 Å². The van der Waals surface area contributed by atoms with Crippen molar-refractivity contribution in [2.45, 2.75) is 20.3 Å². The largest absolute Gasteiger partial charge is 0.356 e. The molecule has 88 valence electrons. The fraction of sp³-hybridized carbons (Fsp3) is 0.400. The third-order valence-corrected chi connectivity index (χ3v) is 2.02. The number of aromatic nitrogens is 1. The number of carbonyl (C=O) groups excluding carboxylic acids is 2. The molecular formula is C10H14ClN3O2. The number of hydrazine groups is 1. The third-order valence-electron chi connectivity index (χ3n) is 1.80. The monoisotopic (exact) mass is 243 g/mol. The van der Waals surface area contributed by atoms with E-state index in [4.69, 9.17) is 11.6 Å². The van der Waals surface area contributed by atoms with E-state index in [-0.39, 0.29) is 11.8 Å². The maximum absolute atomic E-state index is 11.4. The van der Waals surface area contributed by atoms with E-state index in [1.54, 1.807) is 0 Å². The molecule has 0 saturated carbocycles. The molecule has 0 aliphatic carbocycles. The van der Waals surface area contributed by atoms with Crippen molar-refractivity contribution in [3.8, 4) is 0 Å². The molecule has 0 atom stereocenters. The van der Waals surface area contributed by atoms with Gasteiger partial charge in [0, 0.05) is 12.6 Å². The van der Waals surface area contributed by atoms with Gasteiger partial charge in [-0.05, 0) is 12.0 Å². The lowest BCUT2D eigenvalue weighted by molar-refractivity contribution is -0.122. The molecule has 1 heterocycles. The van der Waals surface area contributed by atoms with Crippen LogP contribution in [0.1, 0.15) is 30.8 Å². The Bertz CT molecular complexity index is 387. The fourth-order valence-corrected chi connectivity index (χ4v) is 1.28. The van der Waals surface area contributed by atoms with Crippen molar-refractivity contribution in [2.24, 2.45) is 5.92 Å². The maximum atomic E-state index is 11.4.